The quantitative estimate of drug-likeness (QED) is 0.522. The van der Waals surface area contributed by atoms with Gasteiger partial charge in [-0.2, -0.15) is 0 Å². The zero-order valence-corrected chi connectivity index (χ0v) is 17.3. The maximum absolute atomic E-state index is 13.2. The molecule has 1 aliphatic carbocycles. The predicted molar refractivity (Wildman–Crippen MR) is 109 cm³/mol. The molecule has 2 aromatic carbocycles. The predicted octanol–water partition coefficient (Wildman–Crippen LogP) is 4.48. The Morgan fingerprint density at radius 3 is 2.50 bits per heavy atom. The van der Waals surface area contributed by atoms with Gasteiger partial charge < -0.3 is 14.4 Å². The number of nitrogens with zero attached hydrogens (tertiary/aromatic N) is 1. The molecule has 2 aromatic rings. The van der Waals surface area contributed by atoms with Gasteiger partial charge in [0.25, 0.3) is 5.91 Å². The van der Waals surface area contributed by atoms with E-state index in [2.05, 4.69) is 45.2 Å². The molecule has 124 valence electrons. The van der Waals surface area contributed by atoms with Crippen LogP contribution < -0.4 is 14.4 Å². The van der Waals surface area contributed by atoms with Crippen molar-refractivity contribution in [3.8, 4) is 11.5 Å². The summed E-state index contributed by atoms with van der Waals surface area (Å²) >= 11 is 4.42. The van der Waals surface area contributed by atoms with Crippen LogP contribution in [0, 0.1) is 7.14 Å². The molecule has 0 atom stereocenters. The van der Waals surface area contributed by atoms with E-state index in [4.69, 9.17) is 9.47 Å². The van der Waals surface area contributed by atoms with E-state index in [1.165, 1.54) is 0 Å². The van der Waals surface area contributed by atoms with E-state index < -0.39 is 0 Å². The van der Waals surface area contributed by atoms with Crippen LogP contribution in [0.5, 0.6) is 11.5 Å². The van der Waals surface area contributed by atoms with Crippen LogP contribution in [0.2, 0.25) is 0 Å². The number of hydrogen-bond donors (Lipinski definition) is 0. The summed E-state index contributed by atoms with van der Waals surface area (Å²) < 4.78 is 13.4. The number of carbonyl (C=O) groups is 1. The highest BCUT2D eigenvalue weighted by Gasteiger charge is 2.51. The summed E-state index contributed by atoms with van der Waals surface area (Å²) in [6.07, 6.45) is 2.01. The van der Waals surface area contributed by atoms with Crippen molar-refractivity contribution in [3.05, 3.63) is 49.1 Å². The van der Waals surface area contributed by atoms with Crippen LogP contribution in [0.1, 0.15) is 23.2 Å². The van der Waals surface area contributed by atoms with Gasteiger partial charge in [0.2, 0.25) is 0 Å². The molecule has 0 unspecified atom stereocenters. The first kappa shape index (κ1) is 16.4. The average Bonchev–Trinajstić information content (AvgIpc) is 3.31. The lowest BCUT2D eigenvalue weighted by atomic mass is 10.1. The Bertz CT molecular complexity index is 810. The molecule has 1 spiro atoms. The SMILES string of the molecule is COc1c(I)cc(C(=O)N2CC3(CC3)Oc3ccccc32)cc1I. The highest BCUT2D eigenvalue weighted by Crippen LogP contribution is 2.48. The topological polar surface area (TPSA) is 38.8 Å². The van der Waals surface area contributed by atoms with E-state index in [1.807, 2.05) is 41.3 Å². The average molecular weight is 547 g/mol. The number of methoxy groups -OCH3 is 1. The number of benzene rings is 2. The van der Waals surface area contributed by atoms with Gasteiger partial charge in [-0.3, -0.25) is 4.79 Å². The minimum atomic E-state index is -0.184. The highest BCUT2D eigenvalue weighted by molar-refractivity contribution is 14.1. The summed E-state index contributed by atoms with van der Waals surface area (Å²) in [7, 11) is 1.65. The number of carbonyl (C=O) groups excluding carboxylic acids is 1. The molecule has 0 aromatic heterocycles. The van der Waals surface area contributed by atoms with Crippen LogP contribution in [0.4, 0.5) is 5.69 Å². The van der Waals surface area contributed by atoms with Gasteiger partial charge in [-0.05, 0) is 82.3 Å². The smallest absolute Gasteiger partial charge is 0.258 e. The Kier molecular flexibility index (Phi) is 4.14. The monoisotopic (exact) mass is 547 g/mol. The summed E-state index contributed by atoms with van der Waals surface area (Å²) in [6, 6.07) is 11.6. The fourth-order valence-corrected chi connectivity index (χ4v) is 5.23. The standard InChI is InChI=1S/C18H15I2NO3/c1-23-16-12(19)8-11(9-13(16)20)17(22)21-10-18(6-7-18)24-15-5-3-2-4-14(15)21/h2-5,8-9H,6-7,10H2,1H3. The molecule has 0 bridgehead atoms. The van der Waals surface area contributed by atoms with Crippen LogP contribution in [-0.2, 0) is 0 Å². The molecule has 1 amide bonds. The van der Waals surface area contributed by atoms with Crippen LogP contribution in [-0.4, -0.2) is 25.2 Å². The summed E-state index contributed by atoms with van der Waals surface area (Å²) in [5.74, 6) is 1.62. The zero-order valence-electron chi connectivity index (χ0n) is 13.0. The van der Waals surface area contributed by atoms with Crippen molar-refractivity contribution >= 4 is 56.8 Å². The lowest BCUT2D eigenvalue weighted by Crippen LogP contribution is -2.45. The molecule has 0 N–H and O–H groups in total. The number of halogens is 2. The van der Waals surface area contributed by atoms with E-state index >= 15 is 0 Å². The number of fused-ring (bicyclic) bond motifs is 1. The Morgan fingerprint density at radius 2 is 1.88 bits per heavy atom. The number of rotatable bonds is 2. The normalized spacial score (nSPS) is 17.2. The molecule has 1 saturated carbocycles. The minimum absolute atomic E-state index is 0.00973. The van der Waals surface area contributed by atoms with Crippen LogP contribution in [0.3, 0.4) is 0 Å². The van der Waals surface area contributed by atoms with Crippen molar-refractivity contribution in [1.82, 2.24) is 0 Å². The molecule has 24 heavy (non-hydrogen) atoms. The molecular formula is C18H15I2NO3. The zero-order chi connectivity index (χ0) is 16.9. The maximum atomic E-state index is 13.2. The van der Waals surface area contributed by atoms with Gasteiger partial charge in [0, 0.05) is 5.56 Å². The van der Waals surface area contributed by atoms with Crippen molar-refractivity contribution in [2.75, 3.05) is 18.6 Å². The second kappa shape index (κ2) is 6.05. The number of hydrogen-bond acceptors (Lipinski definition) is 3. The summed E-state index contributed by atoms with van der Waals surface area (Å²) in [6.45, 7) is 0.613. The van der Waals surface area contributed by atoms with Gasteiger partial charge in [0.05, 0.1) is 26.5 Å². The number of para-hydroxylation sites is 2. The van der Waals surface area contributed by atoms with E-state index in [9.17, 15) is 4.79 Å². The van der Waals surface area contributed by atoms with Crippen molar-refractivity contribution in [1.29, 1.82) is 0 Å². The summed E-state index contributed by atoms with van der Waals surface area (Å²) in [5.41, 5.74) is 1.34. The van der Waals surface area contributed by atoms with E-state index in [0.717, 1.165) is 37.2 Å². The van der Waals surface area contributed by atoms with Gasteiger partial charge in [0.1, 0.15) is 17.1 Å². The van der Waals surface area contributed by atoms with Gasteiger partial charge >= 0.3 is 0 Å². The van der Waals surface area contributed by atoms with Gasteiger partial charge in [-0.15, -0.1) is 0 Å². The fourth-order valence-electron chi connectivity index (χ4n) is 3.02. The molecule has 1 fully saturated rings. The molecule has 6 heteroatoms. The van der Waals surface area contributed by atoms with Crippen LogP contribution in [0.15, 0.2) is 36.4 Å². The van der Waals surface area contributed by atoms with Gasteiger partial charge in [-0.25, -0.2) is 0 Å². The number of amides is 1. The largest absolute Gasteiger partial charge is 0.495 e. The number of anilines is 1. The second-order valence-corrected chi connectivity index (χ2v) is 8.44. The first-order valence-corrected chi connectivity index (χ1v) is 9.82. The van der Waals surface area contributed by atoms with Gasteiger partial charge in [-0.1, -0.05) is 12.1 Å². The van der Waals surface area contributed by atoms with Crippen molar-refractivity contribution in [3.63, 3.8) is 0 Å². The second-order valence-electron chi connectivity index (χ2n) is 6.12. The molecule has 4 rings (SSSR count). The van der Waals surface area contributed by atoms with E-state index in [1.54, 1.807) is 7.11 Å². The van der Waals surface area contributed by atoms with Gasteiger partial charge in [0.15, 0.2) is 0 Å². The molecule has 1 heterocycles. The Labute approximate surface area is 167 Å². The molecule has 1 aliphatic heterocycles. The molecule has 2 aliphatic rings. The Hall–Kier alpha value is -1.03. The molecular weight excluding hydrogens is 532 g/mol. The Morgan fingerprint density at radius 1 is 1.21 bits per heavy atom. The first-order valence-electron chi connectivity index (χ1n) is 7.66. The Balaban J connectivity index is 1.75. The molecule has 0 saturated heterocycles. The minimum Gasteiger partial charge on any atom is -0.495 e. The number of ether oxygens (including phenoxy) is 2. The maximum Gasteiger partial charge on any atom is 0.258 e. The molecule has 4 nitrogen and oxygen atoms in total. The third-order valence-electron chi connectivity index (χ3n) is 4.43. The van der Waals surface area contributed by atoms with Crippen molar-refractivity contribution < 1.29 is 14.3 Å². The van der Waals surface area contributed by atoms with Crippen LogP contribution >= 0.6 is 45.2 Å². The summed E-state index contributed by atoms with van der Waals surface area (Å²) in [4.78, 5) is 15.1. The third-order valence-corrected chi connectivity index (χ3v) is 6.03. The fraction of sp³-hybridized carbons (Fsp3) is 0.278. The van der Waals surface area contributed by atoms with Crippen LogP contribution in [0.25, 0.3) is 0 Å². The lowest BCUT2D eigenvalue weighted by molar-refractivity contribution is 0.0943. The molecule has 0 radical (unpaired) electrons. The highest BCUT2D eigenvalue weighted by atomic mass is 127. The van der Waals surface area contributed by atoms with Crippen molar-refractivity contribution in [2.24, 2.45) is 0 Å². The third kappa shape index (κ3) is 2.77. The van der Waals surface area contributed by atoms with Crippen molar-refractivity contribution in [2.45, 2.75) is 18.4 Å². The lowest BCUT2D eigenvalue weighted by Gasteiger charge is -2.35. The van der Waals surface area contributed by atoms with E-state index in [-0.39, 0.29) is 11.5 Å². The van der Waals surface area contributed by atoms with E-state index in [0.29, 0.717) is 12.1 Å². The first-order chi connectivity index (χ1) is 11.5. The summed E-state index contributed by atoms with van der Waals surface area (Å²) in [5, 5.41) is 0.